The molecule has 0 amide bonds. The lowest BCUT2D eigenvalue weighted by Crippen LogP contribution is -2.26. The van der Waals surface area contributed by atoms with E-state index in [4.69, 9.17) is 11.6 Å². The van der Waals surface area contributed by atoms with Crippen molar-refractivity contribution in [3.63, 3.8) is 0 Å². The summed E-state index contributed by atoms with van der Waals surface area (Å²) in [6.07, 6.45) is 1.03. The van der Waals surface area contributed by atoms with E-state index >= 15 is 0 Å². The van der Waals surface area contributed by atoms with Crippen LogP contribution >= 0.6 is 11.6 Å². The molecule has 0 aliphatic rings. The van der Waals surface area contributed by atoms with Crippen LogP contribution in [0.5, 0.6) is 0 Å². The first-order valence-electron chi connectivity index (χ1n) is 4.31. The van der Waals surface area contributed by atoms with E-state index in [-0.39, 0.29) is 10.6 Å². The Balaban J connectivity index is 3.12. The Bertz CT molecular complexity index is 479. The molecule has 0 spiro atoms. The first kappa shape index (κ1) is 12.2. The molecule has 0 heterocycles. The van der Waals surface area contributed by atoms with Gasteiger partial charge in [0.25, 0.3) is 0 Å². The first-order valence-corrected chi connectivity index (χ1v) is 6.65. The Kier molecular flexibility index (Phi) is 3.52. The molecular weight excluding hydrogens is 236 g/mol. The summed E-state index contributed by atoms with van der Waals surface area (Å²) in [5, 5.41) is -0.782. The second-order valence-corrected chi connectivity index (χ2v) is 6.09. The molecule has 1 unspecified atom stereocenters. The first-order chi connectivity index (χ1) is 6.84. The maximum atomic E-state index is 11.7. The number of carbonyl (C=O) groups excluding carboxylic acids is 1. The maximum absolute atomic E-state index is 11.7. The van der Waals surface area contributed by atoms with E-state index < -0.39 is 20.9 Å². The quantitative estimate of drug-likeness (QED) is 0.766. The van der Waals surface area contributed by atoms with Gasteiger partial charge in [-0.2, -0.15) is 0 Å². The summed E-state index contributed by atoms with van der Waals surface area (Å²) in [6.45, 7) is 1.36. The van der Waals surface area contributed by atoms with Gasteiger partial charge in [-0.15, -0.1) is 0 Å². The molecule has 0 saturated carbocycles. The van der Waals surface area contributed by atoms with Crippen LogP contribution < -0.4 is 0 Å². The van der Waals surface area contributed by atoms with Crippen LogP contribution in [0.25, 0.3) is 0 Å². The normalized spacial score (nSPS) is 13.5. The molecule has 1 aromatic carbocycles. The second-order valence-electron chi connectivity index (χ2n) is 3.32. The third kappa shape index (κ3) is 2.79. The Morgan fingerprint density at radius 2 is 1.87 bits per heavy atom. The molecule has 3 nitrogen and oxygen atoms in total. The fourth-order valence-corrected chi connectivity index (χ4v) is 1.82. The van der Waals surface area contributed by atoms with Crippen molar-refractivity contribution in [2.24, 2.45) is 0 Å². The summed E-state index contributed by atoms with van der Waals surface area (Å²) in [5.41, 5.74) is 0.247. The van der Waals surface area contributed by atoms with Gasteiger partial charge in [-0.05, 0) is 19.1 Å². The lowest BCUT2D eigenvalue weighted by atomic mass is 10.1. The zero-order chi connectivity index (χ0) is 11.6. The van der Waals surface area contributed by atoms with Gasteiger partial charge in [-0.25, -0.2) is 8.42 Å². The molecule has 0 N–H and O–H groups in total. The van der Waals surface area contributed by atoms with Crippen molar-refractivity contribution in [1.82, 2.24) is 0 Å². The summed E-state index contributed by atoms with van der Waals surface area (Å²) in [5.74, 6) is -0.469. The molecule has 0 fully saturated rings. The third-order valence-corrected chi connectivity index (χ3v) is 3.98. The van der Waals surface area contributed by atoms with Crippen molar-refractivity contribution in [2.75, 3.05) is 6.26 Å². The highest BCUT2D eigenvalue weighted by Crippen LogP contribution is 2.18. The number of sulfone groups is 1. The van der Waals surface area contributed by atoms with Gasteiger partial charge in [0.05, 0.1) is 5.02 Å². The standard InChI is InChI=1S/C10H11ClO3S/c1-7(15(2,13)14)10(12)8-5-3-4-6-9(8)11/h3-7H,1-2H3. The topological polar surface area (TPSA) is 51.2 Å². The fraction of sp³-hybridized carbons (Fsp3) is 0.300. The van der Waals surface area contributed by atoms with Crippen LogP contribution in [-0.4, -0.2) is 25.7 Å². The van der Waals surface area contributed by atoms with E-state index in [1.54, 1.807) is 18.2 Å². The fourth-order valence-electron chi connectivity index (χ4n) is 1.07. The van der Waals surface area contributed by atoms with Gasteiger partial charge >= 0.3 is 0 Å². The molecule has 82 valence electrons. The van der Waals surface area contributed by atoms with Crippen LogP contribution in [-0.2, 0) is 9.84 Å². The lowest BCUT2D eigenvalue weighted by molar-refractivity contribution is 0.0992. The van der Waals surface area contributed by atoms with E-state index in [2.05, 4.69) is 0 Å². The highest BCUT2D eigenvalue weighted by molar-refractivity contribution is 7.92. The molecule has 0 aliphatic heterocycles. The molecule has 0 aliphatic carbocycles. The van der Waals surface area contributed by atoms with E-state index in [0.717, 1.165) is 6.26 Å². The number of carbonyl (C=O) groups is 1. The summed E-state index contributed by atoms with van der Waals surface area (Å²) in [7, 11) is -3.38. The molecule has 0 radical (unpaired) electrons. The van der Waals surface area contributed by atoms with Crippen molar-refractivity contribution in [3.8, 4) is 0 Å². The van der Waals surface area contributed by atoms with Gasteiger partial charge in [-0.3, -0.25) is 4.79 Å². The van der Waals surface area contributed by atoms with Gasteiger partial charge in [-0.1, -0.05) is 23.7 Å². The van der Waals surface area contributed by atoms with Crippen molar-refractivity contribution in [3.05, 3.63) is 34.9 Å². The molecule has 15 heavy (non-hydrogen) atoms. The summed E-state index contributed by atoms with van der Waals surface area (Å²) in [6, 6.07) is 6.41. The Hall–Kier alpha value is -0.870. The van der Waals surface area contributed by atoms with Gasteiger partial charge in [0.15, 0.2) is 15.6 Å². The molecule has 0 bridgehead atoms. The SMILES string of the molecule is CC(C(=O)c1ccccc1Cl)S(C)(=O)=O. The van der Waals surface area contributed by atoms with Crippen molar-refractivity contribution >= 4 is 27.2 Å². The zero-order valence-electron chi connectivity index (χ0n) is 8.40. The van der Waals surface area contributed by atoms with Gasteiger partial charge < -0.3 is 0 Å². The molecule has 0 aromatic heterocycles. The molecule has 5 heteroatoms. The monoisotopic (exact) mass is 246 g/mol. The molecule has 1 aromatic rings. The summed E-state index contributed by atoms with van der Waals surface area (Å²) in [4.78, 5) is 11.7. The Labute approximate surface area is 94.0 Å². The van der Waals surface area contributed by atoms with Crippen LogP contribution in [0.2, 0.25) is 5.02 Å². The smallest absolute Gasteiger partial charge is 0.182 e. The van der Waals surface area contributed by atoms with Crippen LogP contribution in [0.3, 0.4) is 0 Å². The number of halogens is 1. The molecule has 1 rings (SSSR count). The molecular formula is C10H11ClO3S. The highest BCUT2D eigenvalue weighted by Gasteiger charge is 2.25. The predicted molar refractivity (Wildman–Crippen MR) is 60.1 cm³/mol. The highest BCUT2D eigenvalue weighted by atomic mass is 35.5. The number of hydrogen-bond donors (Lipinski definition) is 0. The van der Waals surface area contributed by atoms with Crippen LogP contribution in [0.1, 0.15) is 17.3 Å². The van der Waals surface area contributed by atoms with Crippen molar-refractivity contribution < 1.29 is 13.2 Å². The minimum absolute atomic E-state index is 0.247. The lowest BCUT2D eigenvalue weighted by Gasteiger charge is -2.09. The van der Waals surface area contributed by atoms with Gasteiger partial charge in [0, 0.05) is 11.8 Å². The maximum Gasteiger partial charge on any atom is 0.182 e. The van der Waals surface area contributed by atoms with Crippen LogP contribution in [0.15, 0.2) is 24.3 Å². The van der Waals surface area contributed by atoms with Crippen LogP contribution in [0.4, 0.5) is 0 Å². The van der Waals surface area contributed by atoms with Gasteiger partial charge in [0.1, 0.15) is 5.25 Å². The largest absolute Gasteiger partial charge is 0.293 e. The third-order valence-electron chi connectivity index (χ3n) is 2.15. The average Bonchev–Trinajstić information content (AvgIpc) is 2.15. The van der Waals surface area contributed by atoms with E-state index in [0.29, 0.717) is 0 Å². The number of ketones is 1. The average molecular weight is 247 g/mol. The number of Topliss-reactive ketones (excluding diaryl/α,β-unsaturated/α-hetero) is 1. The van der Waals surface area contributed by atoms with Gasteiger partial charge in [0.2, 0.25) is 0 Å². The van der Waals surface area contributed by atoms with E-state index in [1.165, 1.54) is 13.0 Å². The zero-order valence-corrected chi connectivity index (χ0v) is 9.97. The summed E-state index contributed by atoms with van der Waals surface area (Å²) < 4.78 is 22.4. The van der Waals surface area contributed by atoms with E-state index in [1.807, 2.05) is 0 Å². The Morgan fingerprint density at radius 1 is 1.33 bits per heavy atom. The van der Waals surface area contributed by atoms with Crippen molar-refractivity contribution in [2.45, 2.75) is 12.2 Å². The van der Waals surface area contributed by atoms with Crippen molar-refractivity contribution in [1.29, 1.82) is 0 Å². The summed E-state index contributed by atoms with van der Waals surface area (Å²) >= 11 is 5.80. The molecule has 0 saturated heterocycles. The van der Waals surface area contributed by atoms with Crippen LogP contribution in [0, 0.1) is 0 Å². The Morgan fingerprint density at radius 3 is 2.33 bits per heavy atom. The number of rotatable bonds is 3. The minimum Gasteiger partial charge on any atom is -0.293 e. The number of hydrogen-bond acceptors (Lipinski definition) is 3. The minimum atomic E-state index is -3.38. The van der Waals surface area contributed by atoms with E-state index in [9.17, 15) is 13.2 Å². The second kappa shape index (κ2) is 4.33. The molecule has 1 atom stereocenters. The number of benzene rings is 1. The predicted octanol–water partition coefficient (Wildman–Crippen LogP) is 1.96.